The summed E-state index contributed by atoms with van der Waals surface area (Å²) in [6, 6.07) is 5.83. The first-order valence-corrected chi connectivity index (χ1v) is 5.17. The van der Waals surface area contributed by atoms with Crippen LogP contribution in [0.5, 0.6) is 0 Å². The Morgan fingerprint density at radius 3 is 2.80 bits per heavy atom. The molecule has 1 atom stereocenters. The zero-order chi connectivity index (χ0) is 11.0. The van der Waals surface area contributed by atoms with Gasteiger partial charge in [0.25, 0.3) is 0 Å². The highest BCUT2D eigenvalue weighted by Gasteiger charge is 2.24. The number of aliphatic hydroxyl groups excluding tert-OH is 1. The fourth-order valence-electron chi connectivity index (χ4n) is 2.09. The van der Waals surface area contributed by atoms with Crippen molar-refractivity contribution in [2.75, 3.05) is 11.9 Å². The second kappa shape index (κ2) is 3.66. The van der Waals surface area contributed by atoms with Crippen LogP contribution in [0.4, 0.5) is 5.69 Å². The van der Waals surface area contributed by atoms with Crippen LogP contribution in [0.2, 0.25) is 0 Å². The van der Waals surface area contributed by atoms with Gasteiger partial charge in [0, 0.05) is 19.0 Å². The Kier molecular flexibility index (Phi) is 2.49. The molecule has 1 aromatic rings. The first kappa shape index (κ1) is 10.2. The van der Waals surface area contributed by atoms with Crippen LogP contribution in [0.1, 0.15) is 30.6 Å². The van der Waals surface area contributed by atoms with E-state index < -0.39 is 6.10 Å². The van der Waals surface area contributed by atoms with Crippen LogP contribution < -0.4 is 4.90 Å². The number of carbonyl (C=O) groups excluding carboxylic acids is 1. The van der Waals surface area contributed by atoms with E-state index in [4.69, 9.17) is 0 Å². The molecule has 1 unspecified atom stereocenters. The van der Waals surface area contributed by atoms with Crippen LogP contribution in [-0.4, -0.2) is 18.1 Å². The molecule has 3 heteroatoms. The molecule has 0 saturated carbocycles. The number of carbonyl (C=O) groups is 1. The predicted octanol–water partition coefficient (Wildman–Crippen LogP) is 1.65. The highest BCUT2D eigenvalue weighted by atomic mass is 16.3. The molecule has 3 nitrogen and oxygen atoms in total. The first-order chi connectivity index (χ1) is 7.11. The van der Waals surface area contributed by atoms with Crippen LogP contribution in [0.15, 0.2) is 18.2 Å². The van der Waals surface area contributed by atoms with Gasteiger partial charge in [0.15, 0.2) is 0 Å². The minimum absolute atomic E-state index is 0.121. The summed E-state index contributed by atoms with van der Waals surface area (Å²) in [5.41, 5.74) is 2.88. The van der Waals surface area contributed by atoms with Gasteiger partial charge in [0.05, 0.1) is 11.8 Å². The van der Waals surface area contributed by atoms with Crippen molar-refractivity contribution in [3.05, 3.63) is 29.3 Å². The molecule has 0 aromatic heterocycles. The maximum atomic E-state index is 11.6. The van der Waals surface area contributed by atoms with Gasteiger partial charge in [-0.2, -0.15) is 0 Å². The maximum Gasteiger partial charge on any atom is 0.227 e. The van der Waals surface area contributed by atoms with E-state index in [0.717, 1.165) is 23.2 Å². The Hall–Kier alpha value is -1.35. The molecule has 0 aliphatic carbocycles. The van der Waals surface area contributed by atoms with Crippen LogP contribution >= 0.6 is 0 Å². The summed E-state index contributed by atoms with van der Waals surface area (Å²) in [5.74, 6) is 0.121. The Bertz CT molecular complexity index is 399. The number of anilines is 1. The summed E-state index contributed by atoms with van der Waals surface area (Å²) in [5, 5.41) is 9.65. The zero-order valence-electron chi connectivity index (χ0n) is 9.03. The fourth-order valence-corrected chi connectivity index (χ4v) is 2.09. The minimum atomic E-state index is -0.534. The number of para-hydroxylation sites is 1. The molecular weight excluding hydrogens is 190 g/mol. The molecule has 0 spiro atoms. The topological polar surface area (TPSA) is 40.5 Å². The summed E-state index contributed by atoms with van der Waals surface area (Å²) in [6.45, 7) is 1.72. The number of hydrogen-bond donors (Lipinski definition) is 1. The zero-order valence-corrected chi connectivity index (χ0v) is 9.03. The lowest BCUT2D eigenvalue weighted by atomic mass is 9.95. The second-order valence-corrected chi connectivity index (χ2v) is 3.98. The van der Waals surface area contributed by atoms with Gasteiger partial charge in [-0.15, -0.1) is 0 Å². The Labute approximate surface area is 89.3 Å². The van der Waals surface area contributed by atoms with Crippen LogP contribution in [0.25, 0.3) is 0 Å². The molecule has 0 radical (unpaired) electrons. The molecule has 1 aliphatic heterocycles. The standard InChI is InChI=1S/C12H15NO2/c1-8(14)10-5-3-4-9-6-7-11(15)13(2)12(9)10/h3-5,8,14H,6-7H2,1-2H3. The van der Waals surface area contributed by atoms with E-state index in [1.54, 1.807) is 18.9 Å². The molecule has 80 valence electrons. The molecule has 0 bridgehead atoms. The Morgan fingerprint density at radius 2 is 2.13 bits per heavy atom. The van der Waals surface area contributed by atoms with E-state index in [-0.39, 0.29) is 5.91 Å². The first-order valence-electron chi connectivity index (χ1n) is 5.17. The van der Waals surface area contributed by atoms with Crippen LogP contribution in [0.3, 0.4) is 0 Å². The highest BCUT2D eigenvalue weighted by molar-refractivity contribution is 5.96. The van der Waals surface area contributed by atoms with Crippen LogP contribution in [-0.2, 0) is 11.2 Å². The largest absolute Gasteiger partial charge is 0.389 e. The number of hydrogen-bond acceptors (Lipinski definition) is 2. The lowest BCUT2D eigenvalue weighted by Gasteiger charge is -2.29. The van der Waals surface area contributed by atoms with E-state index in [9.17, 15) is 9.90 Å². The van der Waals surface area contributed by atoms with Gasteiger partial charge >= 0.3 is 0 Å². The highest BCUT2D eigenvalue weighted by Crippen LogP contribution is 2.33. The summed E-state index contributed by atoms with van der Waals surface area (Å²) in [6.07, 6.45) is 0.805. The van der Waals surface area contributed by atoms with Gasteiger partial charge in [-0.05, 0) is 18.9 Å². The van der Waals surface area contributed by atoms with Crippen molar-refractivity contribution in [1.82, 2.24) is 0 Å². The quantitative estimate of drug-likeness (QED) is 0.757. The monoisotopic (exact) mass is 205 g/mol. The van der Waals surface area contributed by atoms with E-state index >= 15 is 0 Å². The lowest BCUT2D eigenvalue weighted by Crippen LogP contribution is -2.32. The summed E-state index contributed by atoms with van der Waals surface area (Å²) in [7, 11) is 1.77. The average Bonchev–Trinajstić information content (AvgIpc) is 2.23. The van der Waals surface area contributed by atoms with Gasteiger partial charge in [-0.25, -0.2) is 0 Å². The molecule has 1 heterocycles. The molecule has 2 rings (SSSR count). The van der Waals surface area contributed by atoms with Gasteiger partial charge in [-0.3, -0.25) is 4.79 Å². The third-order valence-electron chi connectivity index (χ3n) is 2.92. The Morgan fingerprint density at radius 1 is 1.40 bits per heavy atom. The Balaban J connectivity index is 2.57. The van der Waals surface area contributed by atoms with Gasteiger partial charge in [-0.1, -0.05) is 18.2 Å². The summed E-state index contributed by atoms with van der Waals surface area (Å²) >= 11 is 0. The van der Waals surface area contributed by atoms with Crippen molar-refractivity contribution >= 4 is 11.6 Å². The molecule has 0 saturated heterocycles. The van der Waals surface area contributed by atoms with E-state index in [2.05, 4.69) is 0 Å². The third kappa shape index (κ3) is 1.63. The van der Waals surface area contributed by atoms with Gasteiger partial charge in [0.1, 0.15) is 0 Å². The van der Waals surface area contributed by atoms with Crippen molar-refractivity contribution in [1.29, 1.82) is 0 Å². The van der Waals surface area contributed by atoms with Crippen molar-refractivity contribution in [3.8, 4) is 0 Å². The summed E-state index contributed by atoms with van der Waals surface area (Å²) < 4.78 is 0. The second-order valence-electron chi connectivity index (χ2n) is 3.98. The molecule has 1 aliphatic rings. The van der Waals surface area contributed by atoms with E-state index in [0.29, 0.717) is 6.42 Å². The number of nitrogens with zero attached hydrogens (tertiary/aromatic N) is 1. The maximum absolute atomic E-state index is 11.6. The number of aliphatic hydroxyl groups is 1. The minimum Gasteiger partial charge on any atom is -0.389 e. The molecular formula is C12H15NO2. The predicted molar refractivity (Wildman–Crippen MR) is 58.8 cm³/mol. The number of amides is 1. The summed E-state index contributed by atoms with van der Waals surface area (Å²) in [4.78, 5) is 13.2. The molecule has 1 amide bonds. The normalized spacial score (nSPS) is 17.5. The average molecular weight is 205 g/mol. The molecule has 0 fully saturated rings. The van der Waals surface area contributed by atoms with E-state index in [1.165, 1.54) is 0 Å². The number of rotatable bonds is 1. The molecule has 1 N–H and O–H groups in total. The van der Waals surface area contributed by atoms with Crippen molar-refractivity contribution in [3.63, 3.8) is 0 Å². The van der Waals surface area contributed by atoms with E-state index in [1.807, 2.05) is 18.2 Å². The van der Waals surface area contributed by atoms with Crippen LogP contribution in [0, 0.1) is 0 Å². The smallest absolute Gasteiger partial charge is 0.227 e. The molecule has 1 aromatic carbocycles. The van der Waals surface area contributed by atoms with Crippen molar-refractivity contribution in [2.45, 2.75) is 25.9 Å². The fraction of sp³-hybridized carbons (Fsp3) is 0.417. The van der Waals surface area contributed by atoms with Gasteiger partial charge < -0.3 is 10.0 Å². The SMILES string of the molecule is CC(O)c1cccc2c1N(C)C(=O)CC2. The number of aryl methyl sites for hydroxylation is 1. The van der Waals surface area contributed by atoms with Crippen molar-refractivity contribution in [2.24, 2.45) is 0 Å². The number of fused-ring (bicyclic) bond motifs is 1. The lowest BCUT2D eigenvalue weighted by molar-refractivity contribution is -0.118. The third-order valence-corrected chi connectivity index (χ3v) is 2.92. The molecule has 15 heavy (non-hydrogen) atoms. The van der Waals surface area contributed by atoms with Crippen molar-refractivity contribution < 1.29 is 9.90 Å². The number of benzene rings is 1. The van der Waals surface area contributed by atoms with Gasteiger partial charge in [0.2, 0.25) is 5.91 Å².